The normalized spacial score (nSPS) is 12.6. The highest BCUT2D eigenvalue weighted by Gasteiger charge is 2.06. The lowest BCUT2D eigenvalue weighted by Crippen LogP contribution is -2.23. The average molecular weight is 229 g/mol. The van der Waals surface area contributed by atoms with E-state index in [-0.39, 0.29) is 6.04 Å². The minimum atomic E-state index is 0.208. The highest BCUT2D eigenvalue weighted by Crippen LogP contribution is 2.07. The number of aromatic nitrogens is 2. The Labute approximate surface area is 102 Å². The first-order chi connectivity index (χ1) is 8.24. The van der Waals surface area contributed by atoms with Gasteiger partial charge in [0.25, 0.3) is 0 Å². The lowest BCUT2D eigenvalue weighted by atomic mass is 10.0. The zero-order valence-corrected chi connectivity index (χ0v) is 10.2. The smallest absolute Gasteiger partial charge is 0.0522 e. The summed E-state index contributed by atoms with van der Waals surface area (Å²) in [5.41, 5.74) is 8.70. The molecule has 0 amide bonds. The van der Waals surface area contributed by atoms with Crippen LogP contribution in [0, 0.1) is 0 Å². The molecule has 1 atom stereocenters. The largest absolute Gasteiger partial charge is 0.327 e. The maximum Gasteiger partial charge on any atom is 0.0522 e. The molecule has 0 aliphatic carbocycles. The van der Waals surface area contributed by atoms with Crippen LogP contribution in [0.15, 0.2) is 42.7 Å². The van der Waals surface area contributed by atoms with Crippen LogP contribution in [0.5, 0.6) is 0 Å². The molecule has 3 nitrogen and oxygen atoms in total. The number of rotatable bonds is 5. The molecule has 0 saturated heterocycles. The van der Waals surface area contributed by atoms with Gasteiger partial charge in [-0.25, -0.2) is 0 Å². The maximum absolute atomic E-state index is 6.13. The topological polar surface area (TPSA) is 43.8 Å². The Hall–Kier alpha value is -1.61. The van der Waals surface area contributed by atoms with Gasteiger partial charge in [-0.2, -0.15) is 5.10 Å². The monoisotopic (exact) mass is 229 g/mol. The van der Waals surface area contributed by atoms with E-state index in [1.54, 1.807) is 0 Å². The number of nitrogens with two attached hydrogens (primary N) is 1. The second-order valence-electron chi connectivity index (χ2n) is 4.51. The number of hydrogen-bond acceptors (Lipinski definition) is 2. The van der Waals surface area contributed by atoms with Crippen molar-refractivity contribution < 1.29 is 0 Å². The van der Waals surface area contributed by atoms with Crippen LogP contribution in [0.4, 0.5) is 0 Å². The first-order valence-corrected chi connectivity index (χ1v) is 6.01. The van der Waals surface area contributed by atoms with Gasteiger partial charge in [-0.15, -0.1) is 0 Å². The minimum absolute atomic E-state index is 0.208. The van der Waals surface area contributed by atoms with E-state index in [2.05, 4.69) is 29.4 Å². The van der Waals surface area contributed by atoms with Gasteiger partial charge in [-0.1, -0.05) is 30.3 Å². The van der Waals surface area contributed by atoms with Crippen molar-refractivity contribution in [3.63, 3.8) is 0 Å². The number of aryl methyl sites for hydroxylation is 2. The summed E-state index contributed by atoms with van der Waals surface area (Å²) in [6.07, 6.45) is 6.88. The lowest BCUT2D eigenvalue weighted by Gasteiger charge is -2.10. The highest BCUT2D eigenvalue weighted by atomic mass is 15.2. The molecule has 1 heterocycles. The SMILES string of the molecule is Cn1cc(CC(N)CCc2ccccc2)cn1. The van der Waals surface area contributed by atoms with Gasteiger partial charge in [-0.05, 0) is 30.4 Å². The van der Waals surface area contributed by atoms with Gasteiger partial charge < -0.3 is 5.73 Å². The molecule has 1 aromatic carbocycles. The summed E-state index contributed by atoms with van der Waals surface area (Å²) < 4.78 is 1.82. The van der Waals surface area contributed by atoms with E-state index in [4.69, 9.17) is 5.73 Å². The quantitative estimate of drug-likeness (QED) is 0.851. The lowest BCUT2D eigenvalue weighted by molar-refractivity contribution is 0.610. The molecule has 3 heteroatoms. The third kappa shape index (κ3) is 3.71. The second-order valence-corrected chi connectivity index (χ2v) is 4.51. The predicted octanol–water partition coefficient (Wildman–Crippen LogP) is 1.92. The van der Waals surface area contributed by atoms with Gasteiger partial charge in [-0.3, -0.25) is 4.68 Å². The van der Waals surface area contributed by atoms with E-state index in [0.717, 1.165) is 19.3 Å². The van der Waals surface area contributed by atoms with Crippen LogP contribution in [0.2, 0.25) is 0 Å². The first kappa shape index (κ1) is 11.9. The average Bonchev–Trinajstić information content (AvgIpc) is 2.73. The fourth-order valence-electron chi connectivity index (χ4n) is 1.98. The summed E-state index contributed by atoms with van der Waals surface area (Å²) in [5, 5.41) is 4.15. The van der Waals surface area contributed by atoms with Crippen molar-refractivity contribution in [3.8, 4) is 0 Å². The Balaban J connectivity index is 1.80. The molecule has 1 unspecified atom stereocenters. The van der Waals surface area contributed by atoms with E-state index in [0.29, 0.717) is 0 Å². The van der Waals surface area contributed by atoms with Crippen molar-refractivity contribution in [2.24, 2.45) is 12.8 Å². The molecule has 0 saturated carbocycles. The van der Waals surface area contributed by atoms with Crippen LogP contribution in [-0.4, -0.2) is 15.8 Å². The molecule has 0 fully saturated rings. The molecule has 0 bridgehead atoms. The van der Waals surface area contributed by atoms with Crippen molar-refractivity contribution in [2.75, 3.05) is 0 Å². The zero-order chi connectivity index (χ0) is 12.1. The molecular weight excluding hydrogens is 210 g/mol. The zero-order valence-electron chi connectivity index (χ0n) is 10.2. The molecule has 90 valence electrons. The summed E-state index contributed by atoms with van der Waals surface area (Å²) in [5.74, 6) is 0. The molecule has 0 aliphatic rings. The summed E-state index contributed by atoms with van der Waals surface area (Å²) in [6.45, 7) is 0. The molecule has 0 aliphatic heterocycles. The predicted molar refractivity (Wildman–Crippen MR) is 69.7 cm³/mol. The fourth-order valence-corrected chi connectivity index (χ4v) is 1.98. The van der Waals surface area contributed by atoms with Crippen molar-refractivity contribution >= 4 is 0 Å². The van der Waals surface area contributed by atoms with Gasteiger partial charge in [0.1, 0.15) is 0 Å². The van der Waals surface area contributed by atoms with Gasteiger partial charge >= 0.3 is 0 Å². The minimum Gasteiger partial charge on any atom is -0.327 e. The Kier molecular flexibility index (Phi) is 3.94. The van der Waals surface area contributed by atoms with Crippen LogP contribution in [0.25, 0.3) is 0 Å². The highest BCUT2D eigenvalue weighted by molar-refractivity contribution is 5.15. The molecular formula is C14H19N3. The van der Waals surface area contributed by atoms with Gasteiger partial charge in [0.2, 0.25) is 0 Å². The summed E-state index contributed by atoms with van der Waals surface area (Å²) in [4.78, 5) is 0. The number of benzene rings is 1. The third-order valence-corrected chi connectivity index (χ3v) is 2.90. The molecule has 2 N–H and O–H groups in total. The Morgan fingerprint density at radius 3 is 2.65 bits per heavy atom. The summed E-state index contributed by atoms with van der Waals surface area (Å²) in [7, 11) is 1.93. The molecule has 17 heavy (non-hydrogen) atoms. The Morgan fingerprint density at radius 1 is 1.24 bits per heavy atom. The van der Waals surface area contributed by atoms with Crippen LogP contribution in [-0.2, 0) is 19.9 Å². The summed E-state index contributed by atoms with van der Waals surface area (Å²) >= 11 is 0. The van der Waals surface area contributed by atoms with E-state index in [1.807, 2.05) is 30.2 Å². The standard InChI is InChI=1S/C14H19N3/c1-17-11-13(10-16-17)9-14(15)8-7-12-5-3-2-4-6-12/h2-6,10-11,14H,7-9,15H2,1H3. The van der Waals surface area contributed by atoms with Crippen LogP contribution >= 0.6 is 0 Å². The third-order valence-electron chi connectivity index (χ3n) is 2.90. The van der Waals surface area contributed by atoms with Crippen molar-refractivity contribution in [2.45, 2.75) is 25.3 Å². The van der Waals surface area contributed by atoms with Gasteiger partial charge in [0, 0.05) is 19.3 Å². The van der Waals surface area contributed by atoms with Gasteiger partial charge in [0.05, 0.1) is 6.20 Å². The van der Waals surface area contributed by atoms with Gasteiger partial charge in [0.15, 0.2) is 0 Å². The van der Waals surface area contributed by atoms with Crippen molar-refractivity contribution in [1.82, 2.24) is 9.78 Å². The molecule has 0 spiro atoms. The van der Waals surface area contributed by atoms with Crippen LogP contribution < -0.4 is 5.73 Å². The van der Waals surface area contributed by atoms with E-state index >= 15 is 0 Å². The molecule has 2 rings (SSSR count). The maximum atomic E-state index is 6.13. The second kappa shape index (κ2) is 5.64. The Bertz CT molecular complexity index is 448. The number of nitrogens with zero attached hydrogens (tertiary/aromatic N) is 2. The van der Waals surface area contributed by atoms with Crippen molar-refractivity contribution in [1.29, 1.82) is 0 Å². The van der Waals surface area contributed by atoms with E-state index < -0.39 is 0 Å². The number of hydrogen-bond donors (Lipinski definition) is 1. The van der Waals surface area contributed by atoms with Crippen LogP contribution in [0.1, 0.15) is 17.5 Å². The van der Waals surface area contributed by atoms with Crippen LogP contribution in [0.3, 0.4) is 0 Å². The fraction of sp³-hybridized carbons (Fsp3) is 0.357. The molecule has 1 aromatic heterocycles. The molecule has 2 aromatic rings. The Morgan fingerprint density at radius 2 is 2.00 bits per heavy atom. The first-order valence-electron chi connectivity index (χ1n) is 6.01. The molecule has 0 radical (unpaired) electrons. The van der Waals surface area contributed by atoms with E-state index in [9.17, 15) is 0 Å². The summed E-state index contributed by atoms with van der Waals surface area (Å²) in [6, 6.07) is 10.7. The van der Waals surface area contributed by atoms with E-state index in [1.165, 1.54) is 11.1 Å². The van der Waals surface area contributed by atoms with Crippen molar-refractivity contribution in [3.05, 3.63) is 53.9 Å².